The van der Waals surface area contributed by atoms with Gasteiger partial charge in [-0.1, -0.05) is 0 Å². The van der Waals surface area contributed by atoms with Gasteiger partial charge in [-0.15, -0.1) is 0 Å². The van der Waals surface area contributed by atoms with Crippen molar-refractivity contribution in [2.24, 2.45) is 0 Å². The third kappa shape index (κ3) is 3.57. The molecule has 0 spiro atoms. The average molecular weight is 251 g/mol. The lowest BCUT2D eigenvalue weighted by Gasteiger charge is -2.21. The molecule has 1 fully saturated rings. The number of amides is 1. The fourth-order valence-corrected chi connectivity index (χ4v) is 2.18. The van der Waals surface area contributed by atoms with E-state index in [9.17, 15) is 4.79 Å². The van der Waals surface area contributed by atoms with Gasteiger partial charge in [-0.25, -0.2) is 0 Å². The van der Waals surface area contributed by atoms with E-state index in [1.807, 2.05) is 13.1 Å². The van der Waals surface area contributed by atoms with Gasteiger partial charge in [0, 0.05) is 18.8 Å². The highest BCUT2D eigenvalue weighted by atomic mass is 16.5. The van der Waals surface area contributed by atoms with Crippen LogP contribution in [0.25, 0.3) is 0 Å². The maximum absolute atomic E-state index is 11.8. The maximum Gasteiger partial charge on any atom is 0.249 e. The predicted molar refractivity (Wildman–Crippen MR) is 68.2 cm³/mol. The van der Waals surface area contributed by atoms with E-state index in [0.29, 0.717) is 13.2 Å². The Kier molecular flexibility index (Phi) is 4.75. The van der Waals surface area contributed by atoms with Crippen molar-refractivity contribution in [2.45, 2.75) is 45.1 Å². The molecule has 1 amide bonds. The standard InChI is InChI=1S/C13H21N3O2/c1-10-11(9-15-16-10)5-4-7-14-13(17)12-6-2-3-8-18-12/h9,12H,2-8H2,1H3,(H,14,17)(H,15,16). The van der Waals surface area contributed by atoms with Gasteiger partial charge in [-0.05, 0) is 44.6 Å². The van der Waals surface area contributed by atoms with Crippen LogP contribution in [-0.4, -0.2) is 35.4 Å². The Morgan fingerprint density at radius 3 is 3.17 bits per heavy atom. The van der Waals surface area contributed by atoms with Crippen LogP contribution < -0.4 is 5.32 Å². The predicted octanol–water partition coefficient (Wildman–Crippen LogP) is 1.34. The third-order valence-electron chi connectivity index (χ3n) is 3.33. The molecule has 1 aromatic rings. The van der Waals surface area contributed by atoms with Crippen molar-refractivity contribution >= 4 is 5.91 Å². The zero-order valence-electron chi connectivity index (χ0n) is 10.9. The molecule has 5 heteroatoms. The van der Waals surface area contributed by atoms with E-state index < -0.39 is 0 Å². The number of nitrogens with one attached hydrogen (secondary N) is 2. The summed E-state index contributed by atoms with van der Waals surface area (Å²) in [5.74, 6) is 0.0404. The molecule has 100 valence electrons. The van der Waals surface area contributed by atoms with Crippen molar-refractivity contribution in [3.05, 3.63) is 17.5 Å². The number of hydrogen-bond donors (Lipinski definition) is 2. The number of hydrogen-bond acceptors (Lipinski definition) is 3. The van der Waals surface area contributed by atoms with E-state index in [-0.39, 0.29) is 12.0 Å². The number of H-pyrrole nitrogens is 1. The number of aryl methyl sites for hydroxylation is 2. The zero-order chi connectivity index (χ0) is 12.8. The first-order valence-corrected chi connectivity index (χ1v) is 6.65. The second kappa shape index (κ2) is 6.54. The summed E-state index contributed by atoms with van der Waals surface area (Å²) < 4.78 is 5.43. The molecule has 0 radical (unpaired) electrons. The van der Waals surface area contributed by atoms with Crippen molar-refractivity contribution < 1.29 is 9.53 Å². The van der Waals surface area contributed by atoms with E-state index in [4.69, 9.17) is 4.74 Å². The topological polar surface area (TPSA) is 67.0 Å². The number of rotatable bonds is 5. The van der Waals surface area contributed by atoms with Gasteiger partial charge in [0.25, 0.3) is 0 Å². The van der Waals surface area contributed by atoms with Crippen LogP contribution in [0.15, 0.2) is 6.20 Å². The van der Waals surface area contributed by atoms with Crippen LogP contribution in [0.3, 0.4) is 0 Å². The van der Waals surface area contributed by atoms with E-state index in [2.05, 4.69) is 15.5 Å². The minimum atomic E-state index is -0.227. The minimum absolute atomic E-state index is 0.0404. The first kappa shape index (κ1) is 13.1. The quantitative estimate of drug-likeness (QED) is 0.776. The molecule has 1 saturated heterocycles. The number of nitrogens with zero attached hydrogens (tertiary/aromatic N) is 1. The molecule has 1 aliphatic rings. The van der Waals surface area contributed by atoms with Crippen LogP contribution in [0.2, 0.25) is 0 Å². The first-order chi connectivity index (χ1) is 8.77. The number of aromatic amines is 1. The molecule has 0 bridgehead atoms. The highest BCUT2D eigenvalue weighted by Gasteiger charge is 2.21. The summed E-state index contributed by atoms with van der Waals surface area (Å²) in [6, 6.07) is 0. The number of ether oxygens (including phenoxy) is 1. The number of carbonyl (C=O) groups is 1. The molecule has 0 aromatic carbocycles. The fraction of sp³-hybridized carbons (Fsp3) is 0.692. The second-order valence-corrected chi connectivity index (χ2v) is 4.77. The average Bonchev–Trinajstić information content (AvgIpc) is 2.81. The molecule has 18 heavy (non-hydrogen) atoms. The van der Waals surface area contributed by atoms with Crippen LogP contribution in [0, 0.1) is 6.92 Å². The van der Waals surface area contributed by atoms with Crippen molar-refractivity contribution in [1.82, 2.24) is 15.5 Å². The van der Waals surface area contributed by atoms with Gasteiger partial charge in [-0.3, -0.25) is 9.89 Å². The van der Waals surface area contributed by atoms with Gasteiger partial charge in [0.2, 0.25) is 5.91 Å². The Labute approximate surface area is 107 Å². The monoisotopic (exact) mass is 251 g/mol. The summed E-state index contributed by atoms with van der Waals surface area (Å²) in [6.45, 7) is 3.42. The first-order valence-electron chi connectivity index (χ1n) is 6.65. The summed E-state index contributed by atoms with van der Waals surface area (Å²) in [6.07, 6.45) is 6.51. The molecule has 0 saturated carbocycles. The Hall–Kier alpha value is -1.36. The Morgan fingerprint density at radius 1 is 1.61 bits per heavy atom. The molecule has 2 heterocycles. The molecule has 1 aliphatic heterocycles. The molecule has 1 atom stereocenters. The van der Waals surface area contributed by atoms with Crippen molar-refractivity contribution in [1.29, 1.82) is 0 Å². The van der Waals surface area contributed by atoms with Gasteiger partial charge < -0.3 is 10.1 Å². The summed E-state index contributed by atoms with van der Waals surface area (Å²) in [4.78, 5) is 11.8. The molecule has 2 rings (SSSR count). The summed E-state index contributed by atoms with van der Waals surface area (Å²) >= 11 is 0. The molecule has 2 N–H and O–H groups in total. The van der Waals surface area contributed by atoms with Gasteiger partial charge in [0.1, 0.15) is 6.10 Å². The van der Waals surface area contributed by atoms with Gasteiger partial charge in [0.05, 0.1) is 6.20 Å². The van der Waals surface area contributed by atoms with Crippen LogP contribution in [0.4, 0.5) is 0 Å². The molecule has 0 aliphatic carbocycles. The Morgan fingerprint density at radius 2 is 2.50 bits per heavy atom. The van der Waals surface area contributed by atoms with Gasteiger partial charge in [-0.2, -0.15) is 5.10 Å². The van der Waals surface area contributed by atoms with E-state index in [1.54, 1.807) is 0 Å². The van der Waals surface area contributed by atoms with E-state index in [0.717, 1.165) is 37.8 Å². The van der Waals surface area contributed by atoms with Crippen LogP contribution >= 0.6 is 0 Å². The molecule has 1 unspecified atom stereocenters. The number of aromatic nitrogens is 2. The van der Waals surface area contributed by atoms with Crippen LogP contribution in [-0.2, 0) is 16.0 Å². The smallest absolute Gasteiger partial charge is 0.249 e. The summed E-state index contributed by atoms with van der Waals surface area (Å²) in [5.41, 5.74) is 2.33. The zero-order valence-corrected chi connectivity index (χ0v) is 10.9. The Bertz CT molecular complexity index is 383. The van der Waals surface area contributed by atoms with E-state index in [1.165, 1.54) is 5.56 Å². The van der Waals surface area contributed by atoms with Gasteiger partial charge in [0.15, 0.2) is 0 Å². The van der Waals surface area contributed by atoms with Gasteiger partial charge >= 0.3 is 0 Å². The largest absolute Gasteiger partial charge is 0.368 e. The van der Waals surface area contributed by atoms with Crippen molar-refractivity contribution in [3.8, 4) is 0 Å². The highest BCUT2D eigenvalue weighted by Crippen LogP contribution is 2.12. The lowest BCUT2D eigenvalue weighted by molar-refractivity contribution is -0.135. The molecule has 5 nitrogen and oxygen atoms in total. The lowest BCUT2D eigenvalue weighted by atomic mass is 10.1. The SMILES string of the molecule is Cc1[nH]ncc1CCCNC(=O)C1CCCCO1. The maximum atomic E-state index is 11.8. The normalized spacial score (nSPS) is 19.7. The lowest BCUT2D eigenvalue weighted by Crippen LogP contribution is -2.38. The van der Waals surface area contributed by atoms with Crippen LogP contribution in [0.5, 0.6) is 0 Å². The molecular formula is C13H21N3O2. The van der Waals surface area contributed by atoms with E-state index >= 15 is 0 Å². The summed E-state index contributed by atoms with van der Waals surface area (Å²) in [7, 11) is 0. The molecule has 1 aromatic heterocycles. The highest BCUT2D eigenvalue weighted by molar-refractivity contribution is 5.80. The summed E-state index contributed by atoms with van der Waals surface area (Å²) in [5, 5.41) is 9.83. The van der Waals surface area contributed by atoms with Crippen molar-refractivity contribution in [2.75, 3.05) is 13.2 Å². The second-order valence-electron chi connectivity index (χ2n) is 4.77. The van der Waals surface area contributed by atoms with Crippen molar-refractivity contribution in [3.63, 3.8) is 0 Å². The fourth-order valence-electron chi connectivity index (χ4n) is 2.18. The molecular weight excluding hydrogens is 230 g/mol. The minimum Gasteiger partial charge on any atom is -0.368 e. The number of carbonyl (C=O) groups excluding carboxylic acids is 1. The third-order valence-corrected chi connectivity index (χ3v) is 3.33. The Balaban J connectivity index is 1.63. The van der Waals surface area contributed by atoms with Crippen LogP contribution in [0.1, 0.15) is 36.9 Å².